The molecule has 12 heteroatoms. The lowest BCUT2D eigenvalue weighted by Gasteiger charge is -2.22. The molecule has 2 atom stereocenters. The molecule has 6 rings (SSSR count). The number of anilines is 1. The average Bonchev–Trinajstić information content (AvgIpc) is 3.71. The summed E-state index contributed by atoms with van der Waals surface area (Å²) in [4.78, 5) is 40.5. The van der Waals surface area contributed by atoms with E-state index < -0.39 is 23.7 Å². The van der Waals surface area contributed by atoms with Gasteiger partial charge in [0.15, 0.2) is 4.34 Å². The summed E-state index contributed by atoms with van der Waals surface area (Å²) in [6.07, 6.45) is 0.653. The van der Waals surface area contributed by atoms with Gasteiger partial charge in [0, 0.05) is 22.8 Å². The Balaban J connectivity index is 1.39. The molecule has 2 aliphatic heterocycles. The molecule has 1 amide bonds. The second-order valence-electron chi connectivity index (χ2n) is 10.0. The molecule has 43 heavy (non-hydrogen) atoms. The van der Waals surface area contributed by atoms with Crippen LogP contribution in [0, 0.1) is 0 Å². The van der Waals surface area contributed by atoms with Gasteiger partial charge in [-0.25, -0.2) is 4.79 Å². The van der Waals surface area contributed by atoms with Crippen LogP contribution < -0.4 is 9.64 Å². The van der Waals surface area contributed by atoms with Crippen LogP contribution in [0.3, 0.4) is 0 Å². The van der Waals surface area contributed by atoms with E-state index in [1.807, 2.05) is 31.2 Å². The molecular formula is C31H24ClN3O6S2. The van der Waals surface area contributed by atoms with Crippen LogP contribution in [-0.4, -0.2) is 46.2 Å². The van der Waals surface area contributed by atoms with Gasteiger partial charge in [-0.2, -0.15) is 0 Å². The molecule has 4 aromatic rings. The lowest BCUT2D eigenvalue weighted by molar-refractivity contribution is -0.132. The van der Waals surface area contributed by atoms with E-state index in [4.69, 9.17) is 21.1 Å². The van der Waals surface area contributed by atoms with Crippen LogP contribution in [-0.2, 0) is 26.5 Å². The van der Waals surface area contributed by atoms with Crippen molar-refractivity contribution in [1.82, 2.24) is 10.2 Å². The molecule has 9 nitrogen and oxygen atoms in total. The minimum atomic E-state index is -1.02. The van der Waals surface area contributed by atoms with Gasteiger partial charge in [-0.1, -0.05) is 59.0 Å². The van der Waals surface area contributed by atoms with E-state index in [-0.39, 0.29) is 22.6 Å². The lowest BCUT2D eigenvalue weighted by atomic mass is 9.94. The number of halogens is 1. The highest BCUT2D eigenvalue weighted by Gasteiger charge is 2.48. The fourth-order valence-electron chi connectivity index (χ4n) is 5.07. The van der Waals surface area contributed by atoms with E-state index in [0.717, 1.165) is 16.9 Å². The average molecular weight is 634 g/mol. The molecule has 0 bridgehead atoms. The first-order valence-electron chi connectivity index (χ1n) is 13.2. The molecule has 218 valence electrons. The first-order valence-corrected chi connectivity index (χ1v) is 15.4. The summed E-state index contributed by atoms with van der Waals surface area (Å²) in [6, 6.07) is 18.0. The minimum Gasteiger partial charge on any atom is -0.507 e. The highest BCUT2D eigenvalue weighted by atomic mass is 35.5. The Hall–Kier alpha value is -4.19. The molecule has 1 N–H and O–H groups in total. The fourth-order valence-corrected chi connectivity index (χ4v) is 7.02. The zero-order valence-electron chi connectivity index (χ0n) is 22.9. The molecule has 0 unspecified atom stereocenters. The fraction of sp³-hybridized carbons (Fsp3) is 0.194. The molecule has 0 radical (unpaired) electrons. The molecule has 0 aliphatic carbocycles. The number of esters is 1. The van der Waals surface area contributed by atoms with Crippen molar-refractivity contribution >= 4 is 63.3 Å². The quantitative estimate of drug-likeness (QED) is 0.0632. The van der Waals surface area contributed by atoms with Gasteiger partial charge in [-0.15, -0.1) is 10.2 Å². The highest BCUT2D eigenvalue weighted by Crippen LogP contribution is 2.44. The number of hydrogen-bond acceptors (Lipinski definition) is 10. The second-order valence-corrected chi connectivity index (χ2v) is 12.6. The third kappa shape index (κ3) is 5.63. The number of Topliss-reactive ketones (excluding diaryl/α,β-unsaturated/α-hetero) is 1. The van der Waals surface area contributed by atoms with Crippen LogP contribution in [0.2, 0.25) is 5.02 Å². The van der Waals surface area contributed by atoms with Crippen LogP contribution in [0.5, 0.6) is 5.75 Å². The first kappa shape index (κ1) is 28.9. The third-order valence-corrected chi connectivity index (χ3v) is 9.52. The number of carbonyl (C=O) groups is 3. The maximum atomic E-state index is 13.6. The van der Waals surface area contributed by atoms with Gasteiger partial charge in [-0.3, -0.25) is 14.5 Å². The number of rotatable bonds is 7. The summed E-state index contributed by atoms with van der Waals surface area (Å²) in [7, 11) is 1.28. The largest absolute Gasteiger partial charge is 0.507 e. The lowest BCUT2D eigenvalue weighted by Crippen LogP contribution is -2.29. The number of methoxy groups -OCH3 is 1. The highest BCUT2D eigenvalue weighted by molar-refractivity contribution is 8.00. The molecule has 2 aliphatic rings. The number of ketones is 1. The summed E-state index contributed by atoms with van der Waals surface area (Å²) in [5, 5.41) is 20.9. The van der Waals surface area contributed by atoms with Crippen LogP contribution >= 0.6 is 34.7 Å². The monoisotopic (exact) mass is 633 g/mol. The topological polar surface area (TPSA) is 119 Å². The van der Waals surface area contributed by atoms with E-state index in [1.165, 1.54) is 35.1 Å². The Morgan fingerprint density at radius 3 is 2.53 bits per heavy atom. The van der Waals surface area contributed by atoms with E-state index in [0.29, 0.717) is 38.2 Å². The molecule has 1 aromatic heterocycles. The number of nitrogens with zero attached hydrogens (tertiary/aromatic N) is 3. The van der Waals surface area contributed by atoms with Crippen molar-refractivity contribution in [3.8, 4) is 5.75 Å². The maximum Gasteiger partial charge on any atom is 0.337 e. The van der Waals surface area contributed by atoms with Crippen molar-refractivity contribution in [3.05, 3.63) is 105 Å². The van der Waals surface area contributed by atoms with E-state index in [1.54, 1.807) is 42.5 Å². The summed E-state index contributed by atoms with van der Waals surface area (Å²) in [5.41, 5.74) is 3.03. The van der Waals surface area contributed by atoms with Crippen molar-refractivity contribution in [1.29, 1.82) is 0 Å². The molecule has 1 saturated heterocycles. The Morgan fingerprint density at radius 1 is 1.09 bits per heavy atom. The Kier molecular flexibility index (Phi) is 7.95. The Bertz CT molecular complexity index is 1770. The van der Waals surface area contributed by atoms with Crippen LogP contribution in [0.4, 0.5) is 5.13 Å². The molecule has 3 aromatic carbocycles. The number of ether oxygens (including phenoxy) is 2. The van der Waals surface area contributed by atoms with Gasteiger partial charge < -0.3 is 14.6 Å². The maximum absolute atomic E-state index is 13.6. The molecule has 0 spiro atoms. The van der Waals surface area contributed by atoms with E-state index in [9.17, 15) is 19.5 Å². The third-order valence-electron chi connectivity index (χ3n) is 7.14. The van der Waals surface area contributed by atoms with Crippen LogP contribution in [0.1, 0.15) is 45.6 Å². The SMILES string of the molecule is COC(=O)c1ccc([C@H]2C(=C(O)c3ccc4c(c3)C[C@@H](C)O4)C(=O)C(=O)N2c2nnc(SCc3ccc(Cl)cc3)s2)cc1. The van der Waals surface area contributed by atoms with Gasteiger partial charge in [0.05, 0.1) is 24.3 Å². The number of aliphatic hydroxyl groups excluding tert-OH is 1. The van der Waals surface area contributed by atoms with Crippen molar-refractivity contribution in [2.75, 3.05) is 12.0 Å². The number of carbonyl (C=O) groups excluding carboxylic acids is 3. The molecule has 0 saturated carbocycles. The number of amides is 1. The smallest absolute Gasteiger partial charge is 0.337 e. The number of aromatic nitrogens is 2. The number of fused-ring (bicyclic) bond motifs is 1. The summed E-state index contributed by atoms with van der Waals surface area (Å²) < 4.78 is 11.2. The zero-order chi connectivity index (χ0) is 30.2. The number of benzene rings is 3. The number of aliphatic hydroxyl groups is 1. The normalized spacial score (nSPS) is 18.9. The second kappa shape index (κ2) is 11.8. The predicted octanol–water partition coefficient (Wildman–Crippen LogP) is 6.22. The van der Waals surface area contributed by atoms with Crippen molar-refractivity contribution in [2.45, 2.75) is 35.6 Å². The Labute approximate surface area is 260 Å². The number of hydrogen-bond donors (Lipinski definition) is 1. The number of thioether (sulfide) groups is 1. The van der Waals surface area contributed by atoms with Crippen molar-refractivity contribution in [3.63, 3.8) is 0 Å². The van der Waals surface area contributed by atoms with Gasteiger partial charge in [0.1, 0.15) is 17.6 Å². The zero-order valence-corrected chi connectivity index (χ0v) is 25.3. The van der Waals surface area contributed by atoms with E-state index in [2.05, 4.69) is 10.2 Å². The Morgan fingerprint density at radius 2 is 1.81 bits per heavy atom. The van der Waals surface area contributed by atoms with E-state index >= 15 is 0 Å². The van der Waals surface area contributed by atoms with Gasteiger partial charge in [0.25, 0.3) is 5.78 Å². The predicted molar refractivity (Wildman–Crippen MR) is 164 cm³/mol. The molecule has 3 heterocycles. The van der Waals surface area contributed by atoms with Crippen LogP contribution in [0.15, 0.2) is 76.6 Å². The van der Waals surface area contributed by atoms with Crippen molar-refractivity contribution in [2.24, 2.45) is 0 Å². The van der Waals surface area contributed by atoms with Gasteiger partial charge >= 0.3 is 11.9 Å². The molecular weight excluding hydrogens is 610 g/mol. The molecule has 1 fully saturated rings. The summed E-state index contributed by atoms with van der Waals surface area (Å²) >= 11 is 8.59. The standard InChI is InChI=1S/C31H24ClN3O6S2/c1-16-13-21-14-20(9-12-23(21)41-16)26(36)24-25(18-5-7-19(8-6-18)29(39)40-2)35(28(38)27(24)37)30-33-34-31(43-30)42-15-17-3-10-22(32)11-4-17/h3-12,14,16,25,36H,13,15H2,1-2H3/t16-,25+/m1/s1. The first-order chi connectivity index (χ1) is 20.7. The summed E-state index contributed by atoms with van der Waals surface area (Å²) in [6.45, 7) is 1.95. The van der Waals surface area contributed by atoms with Crippen molar-refractivity contribution < 1.29 is 29.0 Å². The van der Waals surface area contributed by atoms with Gasteiger partial charge in [-0.05, 0) is 66.1 Å². The minimum absolute atomic E-state index is 0.00420. The summed E-state index contributed by atoms with van der Waals surface area (Å²) in [5.74, 6) is -1.21. The van der Waals surface area contributed by atoms with Gasteiger partial charge in [0.2, 0.25) is 5.13 Å². The van der Waals surface area contributed by atoms with Crippen LogP contribution in [0.25, 0.3) is 5.76 Å².